The fraction of sp³-hybridized carbons (Fsp3) is 0.636. The van der Waals surface area contributed by atoms with Crippen molar-refractivity contribution in [3.63, 3.8) is 0 Å². The smallest absolute Gasteiger partial charge is 0.306 e. The summed E-state index contributed by atoms with van der Waals surface area (Å²) < 4.78 is 38.1. The number of carbonyl (C=O) groups is 2. The maximum absolute atomic E-state index is 13.2. The van der Waals surface area contributed by atoms with Crippen molar-refractivity contribution in [2.45, 2.75) is 37.5 Å². The molecule has 1 aromatic carbocycles. The predicted octanol–water partition coefficient (Wildman–Crippen LogP) is 1.72. The van der Waals surface area contributed by atoms with E-state index in [9.17, 15) is 18.0 Å². The van der Waals surface area contributed by atoms with Crippen molar-refractivity contribution in [3.05, 3.63) is 18.2 Å². The largest absolute Gasteiger partial charge is 0.495 e. The Balaban J connectivity index is 1.71. The quantitative estimate of drug-likeness (QED) is 0.563. The molecule has 0 spiro atoms. The second-order valence-electron chi connectivity index (χ2n) is 8.39. The number of benzene rings is 1. The molecule has 0 radical (unpaired) electrons. The average molecular weight is 468 g/mol. The highest BCUT2D eigenvalue weighted by atomic mass is 32.2. The lowest BCUT2D eigenvalue weighted by atomic mass is 10.0. The van der Waals surface area contributed by atoms with Crippen molar-refractivity contribution < 1.29 is 27.5 Å². The lowest BCUT2D eigenvalue weighted by molar-refractivity contribution is -0.143. The first kappa shape index (κ1) is 24.3. The Labute approximate surface area is 190 Å². The van der Waals surface area contributed by atoms with Crippen molar-refractivity contribution in [2.75, 3.05) is 58.4 Å². The number of esters is 1. The molecule has 2 aliphatic heterocycles. The van der Waals surface area contributed by atoms with Gasteiger partial charge in [-0.2, -0.15) is 4.31 Å². The number of hydrogen-bond acceptors (Lipinski definition) is 7. The third-order valence-electron chi connectivity index (χ3n) is 6.15. The molecular weight excluding hydrogens is 434 g/mol. The molecule has 2 aliphatic rings. The van der Waals surface area contributed by atoms with Gasteiger partial charge in [0.25, 0.3) is 0 Å². The van der Waals surface area contributed by atoms with E-state index in [4.69, 9.17) is 4.74 Å². The van der Waals surface area contributed by atoms with Crippen molar-refractivity contribution >= 4 is 27.6 Å². The summed E-state index contributed by atoms with van der Waals surface area (Å²) in [4.78, 5) is 27.7. The summed E-state index contributed by atoms with van der Waals surface area (Å²) in [5.74, 6) is 0.461. The van der Waals surface area contributed by atoms with Crippen molar-refractivity contribution in [1.29, 1.82) is 0 Å². The molecule has 1 atom stereocenters. The van der Waals surface area contributed by atoms with Crippen LogP contribution in [-0.4, -0.2) is 83.0 Å². The molecule has 1 aromatic rings. The molecule has 2 saturated heterocycles. The molecule has 2 fully saturated rings. The van der Waals surface area contributed by atoms with Crippen molar-refractivity contribution in [1.82, 2.24) is 9.21 Å². The van der Waals surface area contributed by atoms with E-state index >= 15 is 0 Å². The molecule has 32 heavy (non-hydrogen) atoms. The highest BCUT2D eigenvalue weighted by Crippen LogP contribution is 2.33. The standard InChI is InChI=1S/C22H33N3O6S/c1-17-5-4-10-25(16-17)32(28,29)18-6-7-20(30-2)19(15-18)23-11-13-24(14-12-23)21(26)8-9-22(27)31-3/h6-7,15,17H,4-5,8-14,16H2,1-3H3/t17-/m0/s1. The van der Waals surface area contributed by atoms with Crippen molar-refractivity contribution in [2.24, 2.45) is 5.92 Å². The normalized spacial score (nSPS) is 20.2. The second kappa shape index (κ2) is 10.5. The molecule has 3 rings (SSSR count). The van der Waals surface area contributed by atoms with Gasteiger partial charge in [0.2, 0.25) is 15.9 Å². The third kappa shape index (κ3) is 5.53. The molecule has 0 saturated carbocycles. The first-order valence-corrected chi connectivity index (χ1v) is 12.5. The number of sulfonamides is 1. The van der Waals surface area contributed by atoms with E-state index in [0.717, 1.165) is 12.8 Å². The van der Waals surface area contributed by atoms with Gasteiger partial charge in [-0.3, -0.25) is 9.59 Å². The average Bonchev–Trinajstić information content (AvgIpc) is 2.81. The zero-order chi connectivity index (χ0) is 23.3. The molecule has 0 bridgehead atoms. The summed E-state index contributed by atoms with van der Waals surface area (Å²) in [5, 5.41) is 0. The molecular formula is C22H33N3O6S. The maximum Gasteiger partial charge on any atom is 0.306 e. The Bertz CT molecular complexity index is 928. The molecule has 9 nitrogen and oxygen atoms in total. The summed E-state index contributed by atoms with van der Waals surface area (Å²) in [7, 11) is -0.714. The number of piperidine rings is 1. The number of piperazine rings is 1. The molecule has 0 aliphatic carbocycles. The molecule has 1 amide bonds. The summed E-state index contributed by atoms with van der Waals surface area (Å²) in [6, 6.07) is 4.98. The first-order valence-electron chi connectivity index (χ1n) is 11.0. The summed E-state index contributed by atoms with van der Waals surface area (Å²) >= 11 is 0. The van der Waals surface area contributed by atoms with Crippen LogP contribution in [0.2, 0.25) is 0 Å². The molecule has 0 unspecified atom stereocenters. The van der Waals surface area contributed by atoms with Crippen LogP contribution in [0.3, 0.4) is 0 Å². The van der Waals surface area contributed by atoms with Crippen LogP contribution >= 0.6 is 0 Å². The lowest BCUT2D eigenvalue weighted by Gasteiger charge is -2.37. The predicted molar refractivity (Wildman–Crippen MR) is 120 cm³/mol. The monoisotopic (exact) mass is 467 g/mol. The molecule has 10 heteroatoms. The van der Waals surface area contributed by atoms with Crippen LogP contribution in [0.25, 0.3) is 0 Å². The van der Waals surface area contributed by atoms with Crippen LogP contribution in [0, 0.1) is 5.92 Å². The maximum atomic E-state index is 13.2. The van der Waals surface area contributed by atoms with E-state index in [0.29, 0.717) is 56.6 Å². The first-order chi connectivity index (χ1) is 15.3. The van der Waals surface area contributed by atoms with Gasteiger partial charge in [0.05, 0.1) is 31.2 Å². The third-order valence-corrected chi connectivity index (χ3v) is 8.01. The number of rotatable bonds is 7. The van der Waals surface area contributed by atoms with Gasteiger partial charge in [0, 0.05) is 45.7 Å². The summed E-state index contributed by atoms with van der Waals surface area (Å²) in [6.45, 7) is 5.23. The second-order valence-corrected chi connectivity index (χ2v) is 10.3. The topological polar surface area (TPSA) is 96.5 Å². The highest BCUT2D eigenvalue weighted by molar-refractivity contribution is 7.89. The summed E-state index contributed by atoms with van der Waals surface area (Å²) in [5.41, 5.74) is 0.709. The van der Waals surface area contributed by atoms with E-state index < -0.39 is 16.0 Å². The van der Waals surface area contributed by atoms with Gasteiger partial charge in [-0.25, -0.2) is 8.42 Å². The van der Waals surface area contributed by atoms with Crippen molar-refractivity contribution in [3.8, 4) is 5.75 Å². The van der Waals surface area contributed by atoms with E-state index in [1.807, 2.05) is 4.90 Å². The molecule has 0 N–H and O–H groups in total. The van der Waals surface area contributed by atoms with Gasteiger partial charge in [-0.1, -0.05) is 6.92 Å². The Morgan fingerprint density at radius 2 is 1.78 bits per heavy atom. The Morgan fingerprint density at radius 1 is 1.06 bits per heavy atom. The van der Waals surface area contributed by atoms with E-state index in [2.05, 4.69) is 11.7 Å². The Kier molecular flexibility index (Phi) is 8.00. The van der Waals surface area contributed by atoms with Crippen LogP contribution < -0.4 is 9.64 Å². The van der Waals surface area contributed by atoms with Gasteiger partial charge >= 0.3 is 5.97 Å². The number of amides is 1. The van der Waals surface area contributed by atoms with Crippen LogP contribution in [-0.2, 0) is 24.3 Å². The minimum atomic E-state index is -3.58. The van der Waals surface area contributed by atoms with Crippen LogP contribution in [0.5, 0.6) is 5.75 Å². The number of carbonyl (C=O) groups excluding carboxylic acids is 2. The van der Waals surface area contributed by atoms with Gasteiger partial charge < -0.3 is 19.3 Å². The van der Waals surface area contributed by atoms with Gasteiger partial charge in [-0.05, 0) is 37.0 Å². The molecule has 2 heterocycles. The van der Waals surface area contributed by atoms with Crippen LogP contribution in [0.1, 0.15) is 32.6 Å². The van der Waals surface area contributed by atoms with Crippen LogP contribution in [0.15, 0.2) is 23.1 Å². The number of hydrogen-bond donors (Lipinski definition) is 0. The number of nitrogens with zero attached hydrogens (tertiary/aromatic N) is 3. The molecule has 178 valence electrons. The fourth-order valence-electron chi connectivity index (χ4n) is 4.26. The van der Waals surface area contributed by atoms with Crippen LogP contribution in [0.4, 0.5) is 5.69 Å². The summed E-state index contributed by atoms with van der Waals surface area (Å²) in [6.07, 6.45) is 2.11. The number of ether oxygens (including phenoxy) is 2. The SMILES string of the molecule is COC(=O)CCC(=O)N1CCN(c2cc(S(=O)(=O)N3CCC[C@H](C)C3)ccc2OC)CC1. The van der Waals surface area contributed by atoms with E-state index in [1.165, 1.54) is 7.11 Å². The fourth-order valence-corrected chi connectivity index (χ4v) is 5.88. The minimum absolute atomic E-state index is 0.0678. The zero-order valence-electron chi connectivity index (χ0n) is 19.1. The highest BCUT2D eigenvalue weighted by Gasteiger charge is 2.30. The lowest BCUT2D eigenvalue weighted by Crippen LogP contribution is -2.49. The minimum Gasteiger partial charge on any atom is -0.495 e. The number of anilines is 1. The number of methoxy groups -OCH3 is 2. The Morgan fingerprint density at radius 3 is 2.41 bits per heavy atom. The molecule has 0 aromatic heterocycles. The van der Waals surface area contributed by atoms with Gasteiger partial charge in [-0.15, -0.1) is 0 Å². The Hall–Kier alpha value is -2.33. The van der Waals surface area contributed by atoms with E-state index in [1.54, 1.807) is 34.5 Å². The zero-order valence-corrected chi connectivity index (χ0v) is 19.9. The van der Waals surface area contributed by atoms with E-state index in [-0.39, 0.29) is 23.6 Å². The van der Waals surface area contributed by atoms with Gasteiger partial charge in [0.1, 0.15) is 5.75 Å². The van der Waals surface area contributed by atoms with Gasteiger partial charge in [0.15, 0.2) is 0 Å².